The molecule has 4 N–H and O–H groups in total. The van der Waals surface area contributed by atoms with Crippen molar-refractivity contribution >= 4 is 23.1 Å². The molecule has 6 nitrogen and oxygen atoms in total. The Hall–Kier alpha value is -1.76. The third-order valence-electron chi connectivity index (χ3n) is 2.24. The summed E-state index contributed by atoms with van der Waals surface area (Å²) in [5.74, 6) is 0.178. The average Bonchev–Trinajstić information content (AvgIpc) is 2.82. The largest absolute Gasteiger partial charge is 0.495 e. The number of thiophene rings is 1. The number of amidine groups is 1. The molecule has 0 fully saturated rings. The summed E-state index contributed by atoms with van der Waals surface area (Å²) >= 11 is 1.30. The van der Waals surface area contributed by atoms with Gasteiger partial charge in [-0.25, -0.2) is 0 Å². The van der Waals surface area contributed by atoms with Gasteiger partial charge in [-0.2, -0.15) is 0 Å². The van der Waals surface area contributed by atoms with Crippen LogP contribution in [0.2, 0.25) is 0 Å². The van der Waals surface area contributed by atoms with Gasteiger partial charge in [0.25, 0.3) is 5.91 Å². The average molecular weight is 257 g/mol. The zero-order valence-electron chi connectivity index (χ0n) is 9.64. The summed E-state index contributed by atoms with van der Waals surface area (Å²) < 4.78 is 5.04. The molecule has 1 rings (SSSR count). The van der Waals surface area contributed by atoms with Crippen LogP contribution in [0.5, 0.6) is 5.75 Å². The van der Waals surface area contributed by atoms with Crippen molar-refractivity contribution in [1.82, 2.24) is 5.32 Å². The van der Waals surface area contributed by atoms with Crippen molar-refractivity contribution in [3.63, 3.8) is 0 Å². The molecule has 1 amide bonds. The maximum atomic E-state index is 11.8. The topological polar surface area (TPSA) is 96.9 Å². The van der Waals surface area contributed by atoms with E-state index < -0.39 is 0 Å². The Morgan fingerprint density at radius 3 is 3.06 bits per heavy atom. The number of ether oxygens (including phenoxy) is 1. The number of nitrogens with two attached hydrogens (primary N) is 1. The quantitative estimate of drug-likeness (QED) is 0.315. The molecule has 1 aromatic heterocycles. The maximum absolute atomic E-state index is 11.8. The molecule has 1 unspecified atom stereocenters. The molecule has 0 aliphatic heterocycles. The number of rotatable bonds is 5. The highest BCUT2D eigenvalue weighted by Gasteiger charge is 2.15. The number of carbonyl (C=O) groups excluding carboxylic acids is 1. The van der Waals surface area contributed by atoms with E-state index in [0.29, 0.717) is 17.2 Å². The zero-order chi connectivity index (χ0) is 12.8. The minimum absolute atomic E-state index is 0.0865. The lowest BCUT2D eigenvalue weighted by molar-refractivity contribution is 0.0952. The number of methoxy groups -OCH3 is 1. The molecule has 1 atom stereocenters. The van der Waals surface area contributed by atoms with Gasteiger partial charge in [-0.05, 0) is 11.4 Å². The summed E-state index contributed by atoms with van der Waals surface area (Å²) in [6, 6.07) is 1.73. The second kappa shape index (κ2) is 6.09. The molecule has 0 saturated heterocycles. The third kappa shape index (κ3) is 3.35. The minimum atomic E-state index is -0.227. The predicted octanol–water partition coefficient (Wildman–Crippen LogP) is 0.869. The van der Waals surface area contributed by atoms with Crippen molar-refractivity contribution in [2.75, 3.05) is 13.7 Å². The van der Waals surface area contributed by atoms with Crippen LogP contribution in [-0.4, -0.2) is 30.6 Å². The van der Waals surface area contributed by atoms with Crippen LogP contribution in [0.15, 0.2) is 16.6 Å². The molecule has 0 aliphatic rings. The van der Waals surface area contributed by atoms with E-state index in [0.717, 1.165) is 0 Å². The van der Waals surface area contributed by atoms with Gasteiger partial charge < -0.3 is 21.0 Å². The van der Waals surface area contributed by atoms with E-state index in [-0.39, 0.29) is 17.7 Å². The van der Waals surface area contributed by atoms with Crippen molar-refractivity contribution in [2.45, 2.75) is 6.92 Å². The third-order valence-corrected chi connectivity index (χ3v) is 3.14. The second-order valence-electron chi connectivity index (χ2n) is 3.45. The Morgan fingerprint density at radius 2 is 2.47 bits per heavy atom. The Labute approximate surface area is 103 Å². The standard InChI is InChI=1S/C10H15N3O3S/c1-6(9(11)13-15)5-12-10(14)8-7(16-2)3-4-17-8/h3-4,6,15H,5H2,1-2H3,(H2,11,13)(H,12,14). The van der Waals surface area contributed by atoms with Gasteiger partial charge >= 0.3 is 0 Å². The summed E-state index contributed by atoms with van der Waals surface area (Å²) in [5.41, 5.74) is 5.40. The van der Waals surface area contributed by atoms with Crippen molar-refractivity contribution in [1.29, 1.82) is 0 Å². The summed E-state index contributed by atoms with van der Waals surface area (Å²) in [4.78, 5) is 12.3. The molecule has 1 aromatic rings. The van der Waals surface area contributed by atoms with Gasteiger partial charge in [-0.3, -0.25) is 4.79 Å². The van der Waals surface area contributed by atoms with Crippen molar-refractivity contribution < 1.29 is 14.7 Å². The number of carbonyl (C=O) groups is 1. The second-order valence-corrected chi connectivity index (χ2v) is 4.37. The van der Waals surface area contributed by atoms with E-state index in [1.54, 1.807) is 18.4 Å². The molecule has 94 valence electrons. The number of amides is 1. The first-order valence-corrected chi connectivity index (χ1v) is 5.85. The smallest absolute Gasteiger partial charge is 0.265 e. The monoisotopic (exact) mass is 257 g/mol. The van der Waals surface area contributed by atoms with Crippen LogP contribution < -0.4 is 15.8 Å². The van der Waals surface area contributed by atoms with Crippen LogP contribution in [0.1, 0.15) is 16.6 Å². The highest BCUT2D eigenvalue weighted by molar-refractivity contribution is 7.12. The molecular formula is C10H15N3O3S. The van der Waals surface area contributed by atoms with Gasteiger partial charge in [-0.1, -0.05) is 12.1 Å². The molecule has 0 bridgehead atoms. The molecule has 1 heterocycles. The lowest BCUT2D eigenvalue weighted by Gasteiger charge is -2.10. The van der Waals surface area contributed by atoms with Crippen molar-refractivity contribution in [3.8, 4) is 5.75 Å². The fourth-order valence-corrected chi connectivity index (χ4v) is 1.93. The van der Waals surface area contributed by atoms with Gasteiger partial charge in [0, 0.05) is 12.5 Å². The van der Waals surface area contributed by atoms with Crippen LogP contribution in [0, 0.1) is 5.92 Å². The van der Waals surface area contributed by atoms with E-state index >= 15 is 0 Å². The number of hydrogen-bond donors (Lipinski definition) is 3. The summed E-state index contributed by atoms with van der Waals surface area (Å²) in [6.45, 7) is 2.05. The van der Waals surface area contributed by atoms with Crippen LogP contribution in [-0.2, 0) is 0 Å². The van der Waals surface area contributed by atoms with Crippen LogP contribution in [0.3, 0.4) is 0 Å². The van der Waals surface area contributed by atoms with Gasteiger partial charge in [0.1, 0.15) is 16.5 Å². The van der Waals surface area contributed by atoms with Gasteiger partial charge in [0.05, 0.1) is 7.11 Å². The molecule has 17 heavy (non-hydrogen) atoms. The van der Waals surface area contributed by atoms with E-state index in [4.69, 9.17) is 15.7 Å². The Morgan fingerprint density at radius 1 is 1.76 bits per heavy atom. The minimum Gasteiger partial charge on any atom is -0.495 e. The normalized spacial score (nSPS) is 13.2. The van der Waals surface area contributed by atoms with E-state index in [2.05, 4.69) is 10.5 Å². The highest BCUT2D eigenvalue weighted by atomic mass is 32.1. The van der Waals surface area contributed by atoms with Crippen LogP contribution in [0.4, 0.5) is 0 Å². The maximum Gasteiger partial charge on any atom is 0.265 e. The molecule has 7 heteroatoms. The van der Waals surface area contributed by atoms with Gasteiger partial charge in [0.15, 0.2) is 0 Å². The van der Waals surface area contributed by atoms with Crippen molar-refractivity contribution in [2.24, 2.45) is 16.8 Å². The fourth-order valence-electron chi connectivity index (χ4n) is 1.15. The highest BCUT2D eigenvalue weighted by Crippen LogP contribution is 2.23. The molecule has 0 radical (unpaired) electrons. The van der Waals surface area contributed by atoms with Crippen molar-refractivity contribution in [3.05, 3.63) is 16.3 Å². The summed E-state index contributed by atoms with van der Waals surface area (Å²) in [5, 5.41) is 15.8. The molecular weight excluding hydrogens is 242 g/mol. The predicted molar refractivity (Wildman–Crippen MR) is 65.8 cm³/mol. The molecule has 0 aliphatic carbocycles. The van der Waals surface area contributed by atoms with Gasteiger partial charge in [0.2, 0.25) is 0 Å². The number of oxime groups is 1. The van der Waals surface area contributed by atoms with Crippen LogP contribution >= 0.6 is 11.3 Å². The number of nitrogens with zero attached hydrogens (tertiary/aromatic N) is 1. The molecule has 0 spiro atoms. The first-order valence-electron chi connectivity index (χ1n) is 4.97. The SMILES string of the molecule is COc1ccsc1C(=O)NCC(C)/C(N)=N/O. The summed E-state index contributed by atoms with van der Waals surface area (Å²) in [7, 11) is 1.51. The molecule has 0 aromatic carbocycles. The molecule has 0 saturated carbocycles. The first kappa shape index (κ1) is 13.3. The first-order chi connectivity index (χ1) is 8.10. The summed E-state index contributed by atoms with van der Waals surface area (Å²) in [6.07, 6.45) is 0. The fraction of sp³-hybridized carbons (Fsp3) is 0.400. The van der Waals surface area contributed by atoms with Crippen LogP contribution in [0.25, 0.3) is 0 Å². The lowest BCUT2D eigenvalue weighted by atomic mass is 10.1. The number of nitrogens with one attached hydrogen (secondary N) is 1. The lowest BCUT2D eigenvalue weighted by Crippen LogP contribution is -2.34. The van der Waals surface area contributed by atoms with E-state index in [1.165, 1.54) is 18.4 Å². The Balaban J connectivity index is 2.56. The Bertz CT molecular complexity index is 417. The zero-order valence-corrected chi connectivity index (χ0v) is 10.5. The van der Waals surface area contributed by atoms with E-state index in [9.17, 15) is 4.79 Å². The van der Waals surface area contributed by atoms with E-state index in [1.807, 2.05) is 0 Å². The Kier molecular flexibility index (Phi) is 4.77. The number of hydrogen-bond acceptors (Lipinski definition) is 5. The van der Waals surface area contributed by atoms with Gasteiger partial charge in [-0.15, -0.1) is 11.3 Å².